The number of piperazine rings is 1. The van der Waals surface area contributed by atoms with E-state index < -0.39 is 0 Å². The lowest BCUT2D eigenvalue weighted by Gasteiger charge is -2.29. The molecule has 1 aliphatic heterocycles. The molecular weight excluding hydrogens is 322 g/mol. The summed E-state index contributed by atoms with van der Waals surface area (Å²) in [5.74, 6) is -0.133. The van der Waals surface area contributed by atoms with Crippen molar-refractivity contribution in [3.05, 3.63) is 28.2 Å². The van der Waals surface area contributed by atoms with E-state index in [1.54, 1.807) is 24.1 Å². The maximum Gasteiger partial charge on any atom is 0.257 e. The minimum atomic E-state index is -0.154. The number of hydrogen-bond acceptors (Lipinski definition) is 4. The Kier molecular flexibility index (Phi) is 5.39. The SMILES string of the molecule is CN(CCN1CCNCC1)C(=O)c1cc(Br)ccc1O. The fraction of sp³-hybridized carbons (Fsp3) is 0.500. The molecule has 0 radical (unpaired) electrons. The van der Waals surface area contributed by atoms with Crippen molar-refractivity contribution >= 4 is 21.8 Å². The standard InChI is InChI=1S/C14H20BrN3O2/c1-17(8-9-18-6-4-16-5-7-18)14(20)12-10-11(15)2-3-13(12)19/h2-3,10,16,19H,4-9H2,1H3. The predicted octanol–water partition coefficient (Wildman–Crippen LogP) is 1.13. The number of nitrogens with one attached hydrogen (secondary N) is 1. The number of aromatic hydroxyl groups is 1. The van der Waals surface area contributed by atoms with Crippen molar-refractivity contribution in [3.63, 3.8) is 0 Å². The fourth-order valence-electron chi connectivity index (χ4n) is 2.21. The van der Waals surface area contributed by atoms with E-state index >= 15 is 0 Å². The third-order valence-electron chi connectivity index (χ3n) is 3.50. The highest BCUT2D eigenvalue weighted by molar-refractivity contribution is 9.10. The zero-order chi connectivity index (χ0) is 14.5. The Bertz CT molecular complexity index is 475. The highest BCUT2D eigenvalue weighted by Crippen LogP contribution is 2.22. The molecule has 0 unspecified atom stereocenters. The first-order valence-corrected chi connectivity index (χ1v) is 7.54. The van der Waals surface area contributed by atoms with Gasteiger partial charge < -0.3 is 15.3 Å². The molecule has 0 bridgehead atoms. The van der Waals surface area contributed by atoms with Gasteiger partial charge in [-0.2, -0.15) is 0 Å². The van der Waals surface area contributed by atoms with Crippen molar-refractivity contribution in [1.29, 1.82) is 0 Å². The lowest BCUT2D eigenvalue weighted by molar-refractivity contribution is 0.0772. The lowest BCUT2D eigenvalue weighted by Crippen LogP contribution is -2.46. The summed E-state index contributed by atoms with van der Waals surface area (Å²) in [5.41, 5.74) is 0.335. The largest absolute Gasteiger partial charge is 0.507 e. The summed E-state index contributed by atoms with van der Waals surface area (Å²) in [6.07, 6.45) is 0. The molecule has 0 atom stereocenters. The van der Waals surface area contributed by atoms with E-state index in [-0.39, 0.29) is 11.7 Å². The van der Waals surface area contributed by atoms with E-state index in [1.165, 1.54) is 6.07 Å². The van der Waals surface area contributed by atoms with Crippen molar-refractivity contribution in [2.75, 3.05) is 46.3 Å². The van der Waals surface area contributed by atoms with Crippen LogP contribution in [0.1, 0.15) is 10.4 Å². The molecule has 1 aromatic carbocycles. The van der Waals surface area contributed by atoms with Crippen LogP contribution in [0, 0.1) is 0 Å². The average Bonchev–Trinajstić information content (AvgIpc) is 2.47. The van der Waals surface area contributed by atoms with Gasteiger partial charge in [-0.3, -0.25) is 9.69 Å². The van der Waals surface area contributed by atoms with Crippen LogP contribution >= 0.6 is 15.9 Å². The molecule has 0 aliphatic carbocycles. The number of phenols is 1. The van der Waals surface area contributed by atoms with Gasteiger partial charge in [0.15, 0.2) is 0 Å². The van der Waals surface area contributed by atoms with E-state index in [0.717, 1.165) is 37.2 Å². The van der Waals surface area contributed by atoms with Gasteiger partial charge in [0.25, 0.3) is 5.91 Å². The van der Waals surface area contributed by atoms with Gasteiger partial charge in [0.1, 0.15) is 5.75 Å². The van der Waals surface area contributed by atoms with Gasteiger partial charge in [-0.05, 0) is 18.2 Å². The smallest absolute Gasteiger partial charge is 0.257 e. The Hall–Kier alpha value is -1.11. The number of phenolic OH excluding ortho intramolecular Hbond substituents is 1. The average molecular weight is 342 g/mol. The van der Waals surface area contributed by atoms with Crippen LogP contribution in [0.5, 0.6) is 5.75 Å². The molecule has 1 fully saturated rings. The second-order valence-electron chi connectivity index (χ2n) is 4.98. The van der Waals surface area contributed by atoms with Gasteiger partial charge in [-0.1, -0.05) is 15.9 Å². The zero-order valence-electron chi connectivity index (χ0n) is 11.6. The zero-order valence-corrected chi connectivity index (χ0v) is 13.2. The molecule has 6 heteroatoms. The number of benzene rings is 1. The number of amides is 1. The summed E-state index contributed by atoms with van der Waals surface area (Å²) in [6, 6.07) is 4.90. The number of carbonyl (C=O) groups excluding carboxylic acids is 1. The van der Waals surface area contributed by atoms with Crippen LogP contribution in [-0.4, -0.2) is 67.1 Å². The second kappa shape index (κ2) is 7.06. The van der Waals surface area contributed by atoms with E-state index in [0.29, 0.717) is 12.1 Å². The molecule has 1 saturated heterocycles. The summed E-state index contributed by atoms with van der Waals surface area (Å²) >= 11 is 3.32. The normalized spacial score (nSPS) is 16.1. The molecule has 0 saturated carbocycles. The molecule has 1 aromatic rings. The first-order valence-electron chi connectivity index (χ1n) is 6.75. The molecular formula is C14H20BrN3O2. The maximum absolute atomic E-state index is 12.3. The molecule has 0 aromatic heterocycles. The van der Waals surface area contributed by atoms with E-state index in [2.05, 4.69) is 26.1 Å². The van der Waals surface area contributed by atoms with Crippen LogP contribution in [0.3, 0.4) is 0 Å². The molecule has 0 spiro atoms. The van der Waals surface area contributed by atoms with Gasteiger partial charge in [0, 0.05) is 50.8 Å². The third kappa shape index (κ3) is 3.94. The Balaban J connectivity index is 1.92. The van der Waals surface area contributed by atoms with Gasteiger partial charge in [0.05, 0.1) is 5.56 Å². The van der Waals surface area contributed by atoms with Crippen LogP contribution in [0.25, 0.3) is 0 Å². The van der Waals surface area contributed by atoms with Crippen molar-refractivity contribution in [3.8, 4) is 5.75 Å². The Labute approximate surface area is 127 Å². The molecule has 5 nitrogen and oxygen atoms in total. The van der Waals surface area contributed by atoms with Crippen molar-refractivity contribution in [1.82, 2.24) is 15.1 Å². The predicted molar refractivity (Wildman–Crippen MR) is 82.1 cm³/mol. The van der Waals surface area contributed by atoms with Crippen molar-refractivity contribution in [2.45, 2.75) is 0 Å². The van der Waals surface area contributed by atoms with Crippen molar-refractivity contribution in [2.24, 2.45) is 0 Å². The van der Waals surface area contributed by atoms with Crippen molar-refractivity contribution < 1.29 is 9.90 Å². The molecule has 2 N–H and O–H groups in total. The maximum atomic E-state index is 12.3. The lowest BCUT2D eigenvalue weighted by atomic mass is 10.2. The summed E-state index contributed by atoms with van der Waals surface area (Å²) in [5, 5.41) is 13.1. The highest BCUT2D eigenvalue weighted by atomic mass is 79.9. The number of likely N-dealkylation sites (N-methyl/N-ethyl adjacent to an activating group) is 1. The monoisotopic (exact) mass is 341 g/mol. The highest BCUT2D eigenvalue weighted by Gasteiger charge is 2.17. The molecule has 2 rings (SSSR count). The Morgan fingerprint density at radius 1 is 1.45 bits per heavy atom. The third-order valence-corrected chi connectivity index (χ3v) is 3.99. The van der Waals surface area contributed by atoms with E-state index in [1.807, 2.05) is 0 Å². The topological polar surface area (TPSA) is 55.8 Å². The van der Waals surface area contributed by atoms with Gasteiger partial charge in [-0.15, -0.1) is 0 Å². The first kappa shape index (κ1) is 15.3. The first-order chi connectivity index (χ1) is 9.58. The minimum Gasteiger partial charge on any atom is -0.507 e. The van der Waals surface area contributed by atoms with Gasteiger partial charge in [-0.25, -0.2) is 0 Å². The summed E-state index contributed by atoms with van der Waals surface area (Å²) in [7, 11) is 1.77. The summed E-state index contributed by atoms with van der Waals surface area (Å²) in [6.45, 7) is 5.56. The second-order valence-corrected chi connectivity index (χ2v) is 5.90. The van der Waals surface area contributed by atoms with Crippen LogP contribution in [0.2, 0.25) is 0 Å². The number of halogens is 1. The van der Waals surface area contributed by atoms with Gasteiger partial charge in [0.2, 0.25) is 0 Å². The number of carbonyl (C=O) groups is 1. The van der Waals surface area contributed by atoms with Crippen LogP contribution in [0.4, 0.5) is 0 Å². The quantitative estimate of drug-likeness (QED) is 0.862. The molecule has 20 heavy (non-hydrogen) atoms. The number of hydrogen-bond donors (Lipinski definition) is 2. The Morgan fingerprint density at radius 3 is 2.85 bits per heavy atom. The fourth-order valence-corrected chi connectivity index (χ4v) is 2.57. The minimum absolute atomic E-state index is 0.0206. The molecule has 110 valence electrons. The van der Waals surface area contributed by atoms with Crippen LogP contribution < -0.4 is 5.32 Å². The van der Waals surface area contributed by atoms with E-state index in [9.17, 15) is 9.90 Å². The molecule has 1 amide bonds. The van der Waals surface area contributed by atoms with Gasteiger partial charge >= 0.3 is 0 Å². The summed E-state index contributed by atoms with van der Waals surface area (Å²) in [4.78, 5) is 16.3. The number of nitrogens with zero attached hydrogens (tertiary/aromatic N) is 2. The van der Waals surface area contributed by atoms with Crippen LogP contribution in [-0.2, 0) is 0 Å². The number of rotatable bonds is 4. The van der Waals surface area contributed by atoms with Crippen LogP contribution in [0.15, 0.2) is 22.7 Å². The molecule has 1 heterocycles. The summed E-state index contributed by atoms with van der Waals surface area (Å²) < 4.78 is 0.786. The Morgan fingerprint density at radius 2 is 2.15 bits per heavy atom. The van der Waals surface area contributed by atoms with E-state index in [4.69, 9.17) is 0 Å². The molecule has 1 aliphatic rings.